The summed E-state index contributed by atoms with van der Waals surface area (Å²) in [5.41, 5.74) is 0.490. The summed E-state index contributed by atoms with van der Waals surface area (Å²) in [5, 5.41) is 7.80. The molecule has 1 saturated carbocycles. The summed E-state index contributed by atoms with van der Waals surface area (Å²) >= 11 is 0. The number of carbonyl (C=O) groups is 1. The fraction of sp³-hybridized carbons (Fsp3) is 0.650. The lowest BCUT2D eigenvalue weighted by Crippen LogP contribution is -2.54. The molecule has 1 aromatic carbocycles. The lowest BCUT2D eigenvalue weighted by Gasteiger charge is -2.38. The van der Waals surface area contributed by atoms with Crippen LogP contribution in [0.2, 0.25) is 0 Å². The Bertz CT molecular complexity index is 984. The molecule has 32 heavy (non-hydrogen) atoms. The van der Waals surface area contributed by atoms with Crippen LogP contribution in [-0.4, -0.2) is 82.1 Å². The van der Waals surface area contributed by atoms with Gasteiger partial charge in [-0.2, -0.15) is 17.0 Å². The van der Waals surface area contributed by atoms with Crippen LogP contribution in [0.15, 0.2) is 29.2 Å². The van der Waals surface area contributed by atoms with Gasteiger partial charge in [-0.15, -0.1) is 0 Å². The topological polar surface area (TPSA) is 133 Å². The van der Waals surface area contributed by atoms with Gasteiger partial charge in [-0.25, -0.2) is 13.6 Å². The first kappa shape index (κ1) is 25.1. The van der Waals surface area contributed by atoms with Crippen LogP contribution in [0, 0.1) is 0 Å². The third-order valence-electron chi connectivity index (χ3n) is 6.23. The Labute approximate surface area is 191 Å². The van der Waals surface area contributed by atoms with Crippen molar-refractivity contribution in [3.05, 3.63) is 24.3 Å². The number of amides is 1. The number of anilines is 1. The summed E-state index contributed by atoms with van der Waals surface area (Å²) in [4.78, 5) is 14.3. The molecule has 1 aliphatic heterocycles. The Morgan fingerprint density at radius 3 is 2.19 bits per heavy atom. The highest BCUT2D eigenvalue weighted by Gasteiger charge is 2.34. The van der Waals surface area contributed by atoms with E-state index in [-0.39, 0.29) is 23.3 Å². The van der Waals surface area contributed by atoms with E-state index in [4.69, 9.17) is 5.14 Å². The van der Waals surface area contributed by atoms with Crippen molar-refractivity contribution in [2.45, 2.75) is 49.5 Å². The van der Waals surface area contributed by atoms with E-state index in [0.717, 1.165) is 25.7 Å². The minimum absolute atomic E-state index is 0.0162. The monoisotopic (exact) mass is 487 g/mol. The third kappa shape index (κ3) is 6.49. The summed E-state index contributed by atoms with van der Waals surface area (Å²) in [5.74, 6) is -0.194. The highest BCUT2D eigenvalue weighted by molar-refractivity contribution is 7.89. The second-order valence-corrected chi connectivity index (χ2v) is 12.0. The number of carbonyl (C=O) groups excluding carboxylic acids is 1. The Balaban J connectivity index is 1.43. The summed E-state index contributed by atoms with van der Waals surface area (Å²) in [6.07, 6.45) is 5.45. The average molecular weight is 488 g/mol. The number of hydrogen-bond acceptors (Lipinski definition) is 6. The molecule has 0 unspecified atom stereocenters. The van der Waals surface area contributed by atoms with Crippen LogP contribution in [-0.2, 0) is 25.0 Å². The molecule has 12 heteroatoms. The maximum Gasteiger partial charge on any atom is 0.282 e. The molecule has 0 aromatic heterocycles. The number of nitrogens with two attached hydrogens (primary N) is 1. The van der Waals surface area contributed by atoms with Gasteiger partial charge < -0.3 is 10.2 Å². The minimum Gasteiger partial charge on any atom is -0.326 e. The summed E-state index contributed by atoms with van der Waals surface area (Å²) in [7, 11) is -5.54. The summed E-state index contributed by atoms with van der Waals surface area (Å²) in [6.45, 7) is 2.50. The van der Waals surface area contributed by atoms with Gasteiger partial charge in [0, 0.05) is 57.9 Å². The number of benzene rings is 1. The second-order valence-electron chi connectivity index (χ2n) is 8.42. The van der Waals surface area contributed by atoms with Crippen molar-refractivity contribution < 1.29 is 21.6 Å². The maximum absolute atomic E-state index is 13.0. The molecule has 0 bridgehead atoms. The largest absolute Gasteiger partial charge is 0.326 e. The zero-order chi connectivity index (χ0) is 23.4. The molecule has 3 rings (SSSR count). The van der Waals surface area contributed by atoms with Gasteiger partial charge in [0.25, 0.3) is 10.2 Å². The molecule has 0 spiro atoms. The van der Waals surface area contributed by atoms with Gasteiger partial charge in [0.1, 0.15) is 0 Å². The van der Waals surface area contributed by atoms with E-state index in [2.05, 4.69) is 10.2 Å². The van der Waals surface area contributed by atoms with Crippen molar-refractivity contribution >= 4 is 31.8 Å². The summed E-state index contributed by atoms with van der Waals surface area (Å²) in [6, 6.07) is 5.76. The van der Waals surface area contributed by atoms with Gasteiger partial charge in [0.15, 0.2) is 0 Å². The predicted octanol–water partition coefficient (Wildman–Crippen LogP) is 0.790. The van der Waals surface area contributed by atoms with Crippen molar-refractivity contribution in [3.63, 3.8) is 0 Å². The fourth-order valence-corrected chi connectivity index (χ4v) is 6.30. The molecule has 10 nitrogen and oxygen atoms in total. The predicted molar refractivity (Wildman–Crippen MR) is 123 cm³/mol. The molecule has 180 valence electrons. The molecule has 0 atom stereocenters. The molecule has 1 heterocycles. The van der Waals surface area contributed by atoms with Crippen LogP contribution in [0.1, 0.15) is 38.5 Å². The number of sulfonamides is 1. The normalized spacial score (nSPS) is 19.8. The van der Waals surface area contributed by atoms with Gasteiger partial charge in [0.2, 0.25) is 15.9 Å². The van der Waals surface area contributed by atoms with E-state index in [0.29, 0.717) is 38.4 Å². The third-order valence-corrected chi connectivity index (χ3v) is 9.21. The molecule has 0 radical (unpaired) electrons. The van der Waals surface area contributed by atoms with Gasteiger partial charge >= 0.3 is 0 Å². The highest BCUT2D eigenvalue weighted by Crippen LogP contribution is 2.25. The number of rotatable bonds is 8. The van der Waals surface area contributed by atoms with E-state index in [1.165, 1.54) is 30.7 Å². The van der Waals surface area contributed by atoms with Gasteiger partial charge in [-0.05, 0) is 37.1 Å². The van der Waals surface area contributed by atoms with E-state index < -0.39 is 20.2 Å². The first-order valence-corrected chi connectivity index (χ1v) is 13.9. The van der Waals surface area contributed by atoms with Gasteiger partial charge in [-0.3, -0.25) is 4.79 Å². The van der Waals surface area contributed by atoms with E-state index in [9.17, 15) is 21.6 Å². The number of piperazine rings is 1. The van der Waals surface area contributed by atoms with Crippen LogP contribution in [0.5, 0.6) is 0 Å². The maximum atomic E-state index is 13.0. The number of nitrogens with zero attached hydrogens (tertiary/aromatic N) is 3. The van der Waals surface area contributed by atoms with Crippen molar-refractivity contribution in [2.24, 2.45) is 5.14 Å². The van der Waals surface area contributed by atoms with Crippen LogP contribution in [0.3, 0.4) is 0 Å². The molecule has 2 fully saturated rings. The van der Waals surface area contributed by atoms with Crippen LogP contribution in [0.25, 0.3) is 0 Å². The zero-order valence-electron chi connectivity index (χ0n) is 18.4. The smallest absolute Gasteiger partial charge is 0.282 e. The standard InChI is InChI=1S/C20H33N5O5S2/c1-23(18-5-3-2-4-6-18)32(29,30)25-15-13-24(14-16-25)12-11-20(26)22-17-7-9-19(10-8-17)31(21,27)28/h7-10,18H,2-6,11-16H2,1H3,(H,22,26)(H2,21,27,28). The molecular weight excluding hydrogens is 454 g/mol. The Hall–Kier alpha value is -1.57. The molecule has 1 aromatic rings. The molecular formula is C20H33N5O5S2. The number of primary sulfonamides is 1. The lowest BCUT2D eigenvalue weighted by atomic mass is 9.96. The first-order chi connectivity index (χ1) is 15.1. The molecule has 1 saturated heterocycles. The van der Waals surface area contributed by atoms with Gasteiger partial charge in [-0.1, -0.05) is 19.3 Å². The first-order valence-electron chi connectivity index (χ1n) is 11.0. The van der Waals surface area contributed by atoms with Crippen molar-refractivity contribution in [3.8, 4) is 0 Å². The number of hydrogen-bond donors (Lipinski definition) is 2. The van der Waals surface area contributed by atoms with Gasteiger partial charge in [0.05, 0.1) is 4.90 Å². The Morgan fingerprint density at radius 1 is 1.03 bits per heavy atom. The zero-order valence-corrected chi connectivity index (χ0v) is 20.1. The summed E-state index contributed by atoms with van der Waals surface area (Å²) < 4.78 is 51.6. The number of nitrogens with one attached hydrogen (secondary N) is 1. The molecule has 1 amide bonds. The molecule has 1 aliphatic carbocycles. The van der Waals surface area contributed by atoms with E-state index in [1.807, 2.05) is 0 Å². The SMILES string of the molecule is CN(C1CCCCC1)S(=O)(=O)N1CCN(CCC(=O)Nc2ccc(S(N)(=O)=O)cc2)CC1. The fourth-order valence-electron chi connectivity index (χ4n) is 4.21. The molecule has 3 N–H and O–H groups in total. The van der Waals surface area contributed by atoms with Crippen LogP contribution < -0.4 is 10.5 Å². The lowest BCUT2D eigenvalue weighted by molar-refractivity contribution is -0.116. The van der Waals surface area contributed by atoms with Crippen LogP contribution >= 0.6 is 0 Å². The van der Waals surface area contributed by atoms with Crippen molar-refractivity contribution in [1.82, 2.24) is 13.5 Å². The Kier molecular flexibility index (Phi) is 8.28. The highest BCUT2D eigenvalue weighted by atomic mass is 32.2. The quantitative estimate of drug-likeness (QED) is 0.557. The second kappa shape index (κ2) is 10.6. The average Bonchev–Trinajstić information content (AvgIpc) is 2.78. The van der Waals surface area contributed by atoms with Crippen molar-refractivity contribution in [1.29, 1.82) is 0 Å². The van der Waals surface area contributed by atoms with E-state index in [1.54, 1.807) is 15.7 Å². The minimum atomic E-state index is -3.77. The van der Waals surface area contributed by atoms with Crippen molar-refractivity contribution in [2.75, 3.05) is 45.1 Å². The van der Waals surface area contributed by atoms with Crippen LogP contribution in [0.4, 0.5) is 5.69 Å². The van der Waals surface area contributed by atoms with E-state index >= 15 is 0 Å². The molecule has 2 aliphatic rings. The Morgan fingerprint density at radius 2 is 1.62 bits per heavy atom.